The smallest absolute Gasteiger partial charge is 0.388 e. The van der Waals surface area contributed by atoms with E-state index in [1.54, 1.807) is 13.8 Å². The number of ketones is 1. The molecule has 0 saturated heterocycles. The van der Waals surface area contributed by atoms with Crippen molar-refractivity contribution >= 4 is 5.78 Å². The van der Waals surface area contributed by atoms with Crippen LogP contribution in [0.2, 0.25) is 0 Å². The van der Waals surface area contributed by atoms with E-state index in [1.165, 1.54) is 36.4 Å². The van der Waals surface area contributed by atoms with Crippen molar-refractivity contribution in [3.63, 3.8) is 0 Å². The van der Waals surface area contributed by atoms with E-state index in [-0.39, 0.29) is 18.1 Å². The normalized spacial score (nSPS) is 14.3. The van der Waals surface area contributed by atoms with Crippen molar-refractivity contribution in [3.05, 3.63) is 71.0 Å². The molecular weight excluding hydrogens is 348 g/mol. The summed E-state index contributed by atoms with van der Waals surface area (Å²) in [7, 11) is 0. The number of alkyl halides is 3. The Morgan fingerprint density at radius 3 is 2.00 bits per heavy atom. The fourth-order valence-corrected chi connectivity index (χ4v) is 2.77. The van der Waals surface area contributed by atoms with Gasteiger partial charge in [-0.25, -0.2) is 4.39 Å². The Morgan fingerprint density at radius 1 is 1.00 bits per heavy atom. The quantitative estimate of drug-likeness (QED) is 0.732. The minimum atomic E-state index is -4.43. The first-order chi connectivity index (χ1) is 12.1. The maximum atomic E-state index is 13.1. The highest BCUT2D eigenvalue weighted by Crippen LogP contribution is 2.31. The molecule has 140 valence electrons. The molecule has 26 heavy (non-hydrogen) atoms. The molecule has 0 spiro atoms. The van der Waals surface area contributed by atoms with Crippen LogP contribution < -0.4 is 0 Å². The number of benzene rings is 2. The van der Waals surface area contributed by atoms with Crippen LogP contribution in [0.15, 0.2) is 48.5 Å². The summed E-state index contributed by atoms with van der Waals surface area (Å²) in [6, 6.07) is 9.69. The number of halogens is 4. The molecule has 0 saturated carbocycles. The zero-order valence-electron chi connectivity index (χ0n) is 14.4. The summed E-state index contributed by atoms with van der Waals surface area (Å²) in [6.45, 7) is 3.39. The van der Waals surface area contributed by atoms with Gasteiger partial charge in [-0.15, -0.1) is 0 Å². The summed E-state index contributed by atoms with van der Waals surface area (Å²) < 4.78 is 51.1. The molecule has 0 aliphatic carbocycles. The molecule has 0 aliphatic heterocycles. The standard InChI is InChI=1S/C20H20F4O2/c1-12(2)18(25)17(19(26)14-5-9-16(21)10-6-14)11-13-3-7-15(8-4-13)20(22,23)24/h3-10,12,17,19,26H,11H2,1-2H3. The summed E-state index contributed by atoms with van der Waals surface area (Å²) in [5.74, 6) is -1.86. The highest BCUT2D eigenvalue weighted by Gasteiger charge is 2.32. The molecule has 0 fully saturated rings. The average molecular weight is 368 g/mol. The summed E-state index contributed by atoms with van der Waals surface area (Å²) in [5.41, 5.74) is 0.127. The third kappa shape index (κ3) is 4.91. The van der Waals surface area contributed by atoms with Gasteiger partial charge in [-0.05, 0) is 41.8 Å². The minimum absolute atomic E-state index is 0.0910. The number of carbonyl (C=O) groups excluding carboxylic acids is 1. The highest BCUT2D eigenvalue weighted by molar-refractivity contribution is 5.83. The van der Waals surface area contributed by atoms with E-state index in [0.717, 1.165) is 12.1 Å². The van der Waals surface area contributed by atoms with Crippen molar-refractivity contribution in [1.29, 1.82) is 0 Å². The predicted octanol–water partition coefficient (Wildman–Crippen LogP) is 4.96. The lowest BCUT2D eigenvalue weighted by Gasteiger charge is -2.24. The van der Waals surface area contributed by atoms with Crippen LogP contribution in [0.5, 0.6) is 0 Å². The number of hydrogen-bond donors (Lipinski definition) is 1. The zero-order chi connectivity index (χ0) is 19.5. The van der Waals surface area contributed by atoms with Gasteiger partial charge in [0, 0.05) is 5.92 Å². The van der Waals surface area contributed by atoms with Crippen molar-refractivity contribution in [3.8, 4) is 0 Å². The van der Waals surface area contributed by atoms with Gasteiger partial charge < -0.3 is 5.11 Å². The van der Waals surface area contributed by atoms with Gasteiger partial charge in [-0.2, -0.15) is 13.2 Å². The molecule has 0 aliphatic rings. The fraction of sp³-hybridized carbons (Fsp3) is 0.350. The van der Waals surface area contributed by atoms with E-state index < -0.39 is 29.6 Å². The lowest BCUT2D eigenvalue weighted by Crippen LogP contribution is -2.28. The van der Waals surface area contributed by atoms with Gasteiger partial charge in [-0.3, -0.25) is 4.79 Å². The number of rotatable bonds is 6. The van der Waals surface area contributed by atoms with Crippen LogP contribution in [0.3, 0.4) is 0 Å². The van der Waals surface area contributed by atoms with Crippen LogP contribution in [-0.2, 0) is 17.4 Å². The van der Waals surface area contributed by atoms with E-state index in [4.69, 9.17) is 0 Å². The van der Waals surface area contributed by atoms with Crippen molar-refractivity contribution in [2.75, 3.05) is 0 Å². The molecule has 2 rings (SSSR count). The Kier molecular flexibility index (Phi) is 6.18. The molecule has 6 heteroatoms. The van der Waals surface area contributed by atoms with Crippen molar-refractivity contribution < 1.29 is 27.5 Å². The molecule has 0 bridgehead atoms. The van der Waals surface area contributed by atoms with Gasteiger partial charge in [0.05, 0.1) is 17.6 Å². The highest BCUT2D eigenvalue weighted by atomic mass is 19.4. The Hall–Kier alpha value is -2.21. The van der Waals surface area contributed by atoms with Crippen molar-refractivity contribution in [2.45, 2.75) is 32.5 Å². The molecule has 2 unspecified atom stereocenters. The van der Waals surface area contributed by atoms with E-state index in [0.29, 0.717) is 11.1 Å². The average Bonchev–Trinajstić information content (AvgIpc) is 2.58. The third-order valence-corrected chi connectivity index (χ3v) is 4.26. The summed E-state index contributed by atoms with van der Waals surface area (Å²) in [6.07, 6.45) is -5.51. The van der Waals surface area contributed by atoms with Crippen LogP contribution >= 0.6 is 0 Å². The van der Waals surface area contributed by atoms with E-state index in [2.05, 4.69) is 0 Å². The lowest BCUT2D eigenvalue weighted by atomic mass is 9.82. The SMILES string of the molecule is CC(C)C(=O)C(Cc1ccc(C(F)(F)F)cc1)C(O)c1ccc(F)cc1. The largest absolute Gasteiger partial charge is 0.416 e. The predicted molar refractivity (Wildman–Crippen MR) is 89.8 cm³/mol. The Bertz CT molecular complexity index is 734. The Labute approximate surface area is 149 Å². The summed E-state index contributed by atoms with van der Waals surface area (Å²) >= 11 is 0. The van der Waals surface area contributed by atoms with E-state index >= 15 is 0 Å². The molecule has 2 aromatic rings. The number of carbonyl (C=O) groups is 1. The van der Waals surface area contributed by atoms with Crippen molar-refractivity contribution in [1.82, 2.24) is 0 Å². The molecule has 2 aromatic carbocycles. The molecular formula is C20H20F4O2. The molecule has 1 N–H and O–H groups in total. The van der Waals surface area contributed by atoms with E-state index in [1.807, 2.05) is 0 Å². The molecule has 2 atom stereocenters. The number of hydrogen-bond acceptors (Lipinski definition) is 2. The van der Waals surface area contributed by atoms with Gasteiger partial charge in [0.1, 0.15) is 11.6 Å². The third-order valence-electron chi connectivity index (χ3n) is 4.26. The molecule has 0 aromatic heterocycles. The lowest BCUT2D eigenvalue weighted by molar-refractivity contribution is -0.137. The van der Waals surface area contributed by atoms with Crippen LogP contribution in [0, 0.1) is 17.7 Å². The maximum absolute atomic E-state index is 13.1. The van der Waals surface area contributed by atoms with Gasteiger partial charge in [-0.1, -0.05) is 38.1 Å². The van der Waals surface area contributed by atoms with E-state index in [9.17, 15) is 27.5 Å². The number of Topliss-reactive ketones (excluding diaryl/α,β-unsaturated/α-hetero) is 1. The second kappa shape index (κ2) is 7.99. The molecule has 2 nitrogen and oxygen atoms in total. The van der Waals surface area contributed by atoms with Crippen LogP contribution in [0.4, 0.5) is 17.6 Å². The molecule has 0 amide bonds. The second-order valence-electron chi connectivity index (χ2n) is 6.56. The fourth-order valence-electron chi connectivity index (χ4n) is 2.77. The van der Waals surface area contributed by atoms with Crippen LogP contribution in [-0.4, -0.2) is 10.9 Å². The van der Waals surface area contributed by atoms with Gasteiger partial charge in [0.2, 0.25) is 0 Å². The first-order valence-electron chi connectivity index (χ1n) is 8.23. The van der Waals surface area contributed by atoms with Crippen LogP contribution in [0.1, 0.15) is 36.6 Å². The first kappa shape index (κ1) is 20.1. The second-order valence-corrected chi connectivity index (χ2v) is 6.56. The van der Waals surface area contributed by atoms with Crippen molar-refractivity contribution in [2.24, 2.45) is 11.8 Å². The molecule has 0 radical (unpaired) electrons. The minimum Gasteiger partial charge on any atom is -0.388 e. The maximum Gasteiger partial charge on any atom is 0.416 e. The zero-order valence-corrected chi connectivity index (χ0v) is 14.4. The monoisotopic (exact) mass is 368 g/mol. The van der Waals surface area contributed by atoms with Gasteiger partial charge in [0.25, 0.3) is 0 Å². The molecule has 0 heterocycles. The first-order valence-corrected chi connectivity index (χ1v) is 8.23. The van der Waals surface area contributed by atoms with Gasteiger partial charge in [0.15, 0.2) is 0 Å². The Balaban J connectivity index is 2.27. The topological polar surface area (TPSA) is 37.3 Å². The summed E-state index contributed by atoms with van der Waals surface area (Å²) in [4.78, 5) is 12.5. The van der Waals surface area contributed by atoms with Gasteiger partial charge >= 0.3 is 6.18 Å². The van der Waals surface area contributed by atoms with Crippen LogP contribution in [0.25, 0.3) is 0 Å². The number of aliphatic hydroxyl groups excluding tert-OH is 1. The summed E-state index contributed by atoms with van der Waals surface area (Å²) in [5, 5.41) is 10.6. The number of aliphatic hydroxyl groups is 1. The Morgan fingerprint density at radius 2 is 1.54 bits per heavy atom.